The Hall–Kier alpha value is -2.79. The molecule has 0 aromatic heterocycles. The van der Waals surface area contributed by atoms with Crippen LogP contribution < -0.4 is 10.2 Å². The van der Waals surface area contributed by atoms with Crippen molar-refractivity contribution < 1.29 is 22.9 Å². The van der Waals surface area contributed by atoms with E-state index in [9.17, 15) is 28.1 Å². The average molecular weight is 445 g/mol. The number of nitrogens with zero attached hydrogens (tertiary/aromatic N) is 3. The van der Waals surface area contributed by atoms with Crippen LogP contribution in [0.2, 0.25) is 5.02 Å². The number of alkyl halides is 3. The summed E-state index contributed by atoms with van der Waals surface area (Å²) in [5.74, 6) is 0.460. The van der Waals surface area contributed by atoms with E-state index >= 15 is 0 Å². The van der Waals surface area contributed by atoms with Gasteiger partial charge in [-0.05, 0) is 30.3 Å². The third-order valence-corrected chi connectivity index (χ3v) is 5.03. The van der Waals surface area contributed by atoms with Gasteiger partial charge < -0.3 is 10.2 Å². The molecule has 1 saturated heterocycles. The van der Waals surface area contributed by atoms with E-state index in [-0.39, 0.29) is 17.4 Å². The highest BCUT2D eigenvalue weighted by Gasteiger charge is 2.35. The van der Waals surface area contributed by atoms with Gasteiger partial charge in [-0.3, -0.25) is 10.1 Å². The quantitative estimate of drug-likeness (QED) is 0.505. The van der Waals surface area contributed by atoms with E-state index in [4.69, 9.17) is 11.6 Å². The van der Waals surface area contributed by atoms with Gasteiger partial charge in [-0.25, -0.2) is 4.79 Å². The lowest BCUT2D eigenvalue weighted by Gasteiger charge is -2.18. The van der Waals surface area contributed by atoms with Crippen molar-refractivity contribution in [1.29, 1.82) is 0 Å². The molecule has 1 heterocycles. The van der Waals surface area contributed by atoms with Crippen molar-refractivity contribution in [1.82, 2.24) is 0 Å². The first kappa shape index (κ1) is 20.9. The van der Waals surface area contributed by atoms with Crippen molar-refractivity contribution >= 4 is 51.6 Å². The van der Waals surface area contributed by atoms with Crippen molar-refractivity contribution in [2.24, 2.45) is 4.99 Å². The largest absolute Gasteiger partial charge is 0.416 e. The van der Waals surface area contributed by atoms with Crippen LogP contribution in [0.4, 0.5) is 35.0 Å². The van der Waals surface area contributed by atoms with Gasteiger partial charge in [0.15, 0.2) is 5.17 Å². The summed E-state index contributed by atoms with van der Waals surface area (Å²) in [6.45, 7) is 0.250. The lowest BCUT2D eigenvalue weighted by molar-refractivity contribution is -0.384. The minimum absolute atomic E-state index is 0.0673. The predicted octanol–water partition coefficient (Wildman–Crippen LogP) is 5.41. The Labute approximate surface area is 171 Å². The molecule has 12 heteroatoms. The maximum atomic E-state index is 12.9. The van der Waals surface area contributed by atoms with Crippen LogP contribution in [-0.4, -0.2) is 28.4 Å². The molecule has 2 aromatic rings. The molecule has 0 spiro atoms. The van der Waals surface area contributed by atoms with Gasteiger partial charge in [-0.2, -0.15) is 18.2 Å². The molecule has 1 N–H and O–H groups in total. The molecule has 0 atom stereocenters. The number of aliphatic imine (C=N–C) groups is 1. The average Bonchev–Trinajstić information content (AvgIpc) is 3.08. The fourth-order valence-electron chi connectivity index (χ4n) is 2.60. The van der Waals surface area contributed by atoms with Crippen molar-refractivity contribution in [3.05, 3.63) is 63.2 Å². The number of thioether (sulfide) groups is 1. The van der Waals surface area contributed by atoms with Crippen molar-refractivity contribution in [2.75, 3.05) is 22.5 Å². The highest BCUT2D eigenvalue weighted by atomic mass is 35.5. The number of anilines is 2. The van der Waals surface area contributed by atoms with Crippen LogP contribution in [0, 0.1) is 10.1 Å². The van der Waals surface area contributed by atoms with Gasteiger partial charge in [0.25, 0.3) is 5.69 Å². The molecule has 152 valence electrons. The van der Waals surface area contributed by atoms with Crippen molar-refractivity contribution in [2.45, 2.75) is 6.18 Å². The van der Waals surface area contributed by atoms with E-state index in [0.717, 1.165) is 23.9 Å². The van der Waals surface area contributed by atoms with E-state index in [0.29, 0.717) is 22.5 Å². The number of urea groups is 1. The molecule has 7 nitrogen and oxygen atoms in total. The second-order valence-corrected chi connectivity index (χ2v) is 7.29. The predicted molar refractivity (Wildman–Crippen MR) is 106 cm³/mol. The lowest BCUT2D eigenvalue weighted by Crippen LogP contribution is -2.26. The molecule has 0 radical (unpaired) electrons. The molecule has 1 aliphatic heterocycles. The Morgan fingerprint density at radius 3 is 2.69 bits per heavy atom. The van der Waals surface area contributed by atoms with Gasteiger partial charge in [0.05, 0.1) is 10.5 Å². The number of amidine groups is 1. The molecule has 1 fully saturated rings. The van der Waals surface area contributed by atoms with Crippen molar-refractivity contribution in [3.63, 3.8) is 0 Å². The number of nitrogens with one attached hydrogen (secondary N) is 1. The molecule has 0 aliphatic carbocycles. The number of hydrogen-bond acceptors (Lipinski definition) is 4. The van der Waals surface area contributed by atoms with Gasteiger partial charge in [-0.1, -0.05) is 29.4 Å². The Bertz CT molecular complexity index is 1000. The van der Waals surface area contributed by atoms with Crippen LogP contribution in [0.3, 0.4) is 0 Å². The zero-order chi connectivity index (χ0) is 21.2. The molecule has 3 rings (SSSR count). The van der Waals surface area contributed by atoms with Gasteiger partial charge >= 0.3 is 12.2 Å². The number of rotatable bonds is 3. The first-order valence-corrected chi connectivity index (χ1v) is 9.43. The number of nitro benzene ring substituents is 1. The molecular formula is C17H12ClF3N4O3S. The molecule has 0 saturated carbocycles. The summed E-state index contributed by atoms with van der Waals surface area (Å²) in [4.78, 5) is 27.9. The molecule has 1 aliphatic rings. The highest BCUT2D eigenvalue weighted by molar-refractivity contribution is 8.14. The molecule has 29 heavy (non-hydrogen) atoms. The van der Waals surface area contributed by atoms with Crippen LogP contribution in [0.1, 0.15) is 5.56 Å². The second kappa shape index (κ2) is 8.29. The molecule has 0 bridgehead atoms. The number of halogens is 4. The standard InChI is InChI=1S/C17H12ClF3N4O3S/c18-11-2-1-3-12(9-11)22-15(26)23-16-24(6-7-29-16)13-5-4-10(17(19,20)21)8-14(13)25(27)28/h1-5,8-9H,6-7H2,(H,22,26). The van der Waals surface area contributed by atoms with E-state index in [1.54, 1.807) is 18.2 Å². The lowest BCUT2D eigenvalue weighted by atomic mass is 10.1. The van der Waals surface area contributed by atoms with Gasteiger partial charge in [0.1, 0.15) is 5.69 Å². The Balaban J connectivity index is 1.89. The number of hydrogen-bond donors (Lipinski definition) is 1. The minimum Gasteiger partial charge on any atom is -0.314 e. The Kier molecular flexibility index (Phi) is 5.99. The fourth-order valence-corrected chi connectivity index (χ4v) is 3.74. The monoisotopic (exact) mass is 444 g/mol. The van der Waals surface area contributed by atoms with E-state index in [1.165, 1.54) is 11.0 Å². The third kappa shape index (κ3) is 4.98. The zero-order valence-electron chi connectivity index (χ0n) is 14.4. The van der Waals surface area contributed by atoms with Crippen molar-refractivity contribution in [3.8, 4) is 0 Å². The first-order valence-electron chi connectivity index (χ1n) is 8.06. The Morgan fingerprint density at radius 2 is 2.03 bits per heavy atom. The number of carbonyl (C=O) groups is 1. The number of amides is 2. The van der Waals surface area contributed by atoms with Crippen LogP contribution in [-0.2, 0) is 6.18 Å². The SMILES string of the molecule is O=C(N=C1SCCN1c1ccc(C(F)(F)F)cc1[N+](=O)[O-])Nc1cccc(Cl)c1. The summed E-state index contributed by atoms with van der Waals surface area (Å²) in [5.41, 5.74) is -1.51. The summed E-state index contributed by atoms with van der Waals surface area (Å²) in [5, 5.41) is 14.4. The number of benzene rings is 2. The van der Waals surface area contributed by atoms with Crippen LogP contribution in [0.15, 0.2) is 47.5 Å². The third-order valence-electron chi connectivity index (χ3n) is 3.84. The maximum absolute atomic E-state index is 12.9. The van der Waals surface area contributed by atoms with Gasteiger partial charge in [0.2, 0.25) is 0 Å². The van der Waals surface area contributed by atoms with Crippen LogP contribution in [0.25, 0.3) is 0 Å². The van der Waals surface area contributed by atoms with Crippen LogP contribution >= 0.6 is 23.4 Å². The zero-order valence-corrected chi connectivity index (χ0v) is 16.0. The summed E-state index contributed by atoms with van der Waals surface area (Å²) < 4.78 is 38.7. The van der Waals surface area contributed by atoms with Gasteiger partial charge in [-0.15, -0.1) is 0 Å². The minimum atomic E-state index is -4.71. The summed E-state index contributed by atoms with van der Waals surface area (Å²) in [7, 11) is 0. The van der Waals surface area contributed by atoms with E-state index < -0.39 is 28.4 Å². The van der Waals surface area contributed by atoms with E-state index in [1.807, 2.05) is 0 Å². The van der Waals surface area contributed by atoms with E-state index in [2.05, 4.69) is 10.3 Å². The molecular weight excluding hydrogens is 433 g/mol. The number of nitro groups is 1. The summed E-state index contributed by atoms with van der Waals surface area (Å²) >= 11 is 7.01. The fraction of sp³-hybridized carbons (Fsp3) is 0.176. The van der Waals surface area contributed by atoms with Crippen LogP contribution in [0.5, 0.6) is 0 Å². The summed E-state index contributed by atoms with van der Waals surface area (Å²) in [6, 6.07) is 7.88. The molecule has 2 aromatic carbocycles. The highest BCUT2D eigenvalue weighted by Crippen LogP contribution is 2.38. The normalized spacial score (nSPS) is 15.6. The van der Waals surface area contributed by atoms with Gasteiger partial charge in [0, 0.05) is 29.1 Å². The number of carbonyl (C=O) groups excluding carboxylic acids is 1. The topological polar surface area (TPSA) is 87.8 Å². The first-order chi connectivity index (χ1) is 13.6. The molecule has 0 unspecified atom stereocenters. The summed E-state index contributed by atoms with van der Waals surface area (Å²) in [6.07, 6.45) is -4.71. The maximum Gasteiger partial charge on any atom is 0.416 e. The smallest absolute Gasteiger partial charge is 0.314 e. The second-order valence-electron chi connectivity index (χ2n) is 5.79. The molecule has 2 amide bonds. The Morgan fingerprint density at radius 1 is 1.28 bits per heavy atom.